The molecule has 0 radical (unpaired) electrons. The zero-order chi connectivity index (χ0) is 22.0. The predicted molar refractivity (Wildman–Crippen MR) is 109 cm³/mol. The number of rotatable bonds is 4. The zero-order valence-electron chi connectivity index (χ0n) is 18.8. The number of nitrogens with zero attached hydrogens (tertiary/aromatic N) is 1. The van der Waals surface area contributed by atoms with Crippen LogP contribution in [0.5, 0.6) is 0 Å². The summed E-state index contributed by atoms with van der Waals surface area (Å²) in [5.74, 6) is -0.628. The zero-order valence-corrected chi connectivity index (χ0v) is 18.8. The van der Waals surface area contributed by atoms with Crippen LogP contribution in [0.3, 0.4) is 0 Å². The quantitative estimate of drug-likeness (QED) is 0.373. The highest BCUT2D eigenvalue weighted by Crippen LogP contribution is 2.72. The van der Waals surface area contributed by atoms with E-state index in [1.807, 2.05) is 0 Å². The number of carbonyl (C=O) groups is 2. The summed E-state index contributed by atoms with van der Waals surface area (Å²) in [6.45, 7) is 10.8. The van der Waals surface area contributed by atoms with Crippen molar-refractivity contribution in [3.8, 4) is 0 Å². The van der Waals surface area contributed by atoms with Gasteiger partial charge in [-0.15, -0.1) is 0 Å². The molecule has 3 aliphatic heterocycles. The van der Waals surface area contributed by atoms with E-state index in [-0.39, 0.29) is 36.8 Å². The molecule has 0 aromatic rings. The van der Waals surface area contributed by atoms with Crippen molar-refractivity contribution in [2.75, 3.05) is 39.5 Å². The summed E-state index contributed by atoms with van der Waals surface area (Å²) in [5.41, 5.74) is -0.376. The molecule has 3 heterocycles. The number of hydrogen-bond donors (Lipinski definition) is 0. The molecule has 31 heavy (non-hydrogen) atoms. The van der Waals surface area contributed by atoms with Gasteiger partial charge in [0.1, 0.15) is 24.4 Å². The smallest absolute Gasteiger partial charge is 0.302 e. The second-order valence-electron chi connectivity index (χ2n) is 9.98. The fourth-order valence-electron chi connectivity index (χ4n) is 6.86. The lowest BCUT2D eigenvalue weighted by Gasteiger charge is -2.58. The van der Waals surface area contributed by atoms with Gasteiger partial charge in [-0.25, -0.2) is 0 Å². The molecule has 8 heteroatoms. The van der Waals surface area contributed by atoms with Gasteiger partial charge in [0, 0.05) is 32.4 Å². The van der Waals surface area contributed by atoms with Gasteiger partial charge in [-0.05, 0) is 19.8 Å². The van der Waals surface area contributed by atoms with Crippen LogP contribution in [-0.2, 0) is 33.3 Å². The predicted octanol–water partition coefficient (Wildman–Crippen LogP) is 1.46. The number of esters is 2. The highest BCUT2D eigenvalue weighted by atomic mass is 16.6. The molecule has 1 saturated carbocycles. The largest absolute Gasteiger partial charge is 0.465 e. The molecule has 7 atom stereocenters. The van der Waals surface area contributed by atoms with Crippen LogP contribution in [0.4, 0.5) is 0 Å². The van der Waals surface area contributed by atoms with Crippen LogP contribution in [0.15, 0.2) is 11.6 Å². The maximum atomic E-state index is 12.3. The van der Waals surface area contributed by atoms with E-state index in [0.717, 1.165) is 25.9 Å². The summed E-state index contributed by atoms with van der Waals surface area (Å²) in [7, 11) is 0. The van der Waals surface area contributed by atoms with Gasteiger partial charge in [-0.3, -0.25) is 14.5 Å². The molecule has 3 saturated heterocycles. The maximum Gasteiger partial charge on any atom is 0.302 e. The first-order valence-electron chi connectivity index (χ1n) is 11.3. The van der Waals surface area contributed by atoms with Gasteiger partial charge in [-0.2, -0.15) is 0 Å². The van der Waals surface area contributed by atoms with E-state index in [0.29, 0.717) is 19.8 Å². The normalized spacial score (nSPS) is 46.3. The molecule has 0 aromatic carbocycles. The minimum atomic E-state index is -0.561. The van der Waals surface area contributed by atoms with Crippen LogP contribution in [-0.4, -0.2) is 86.3 Å². The van der Waals surface area contributed by atoms with E-state index in [1.54, 1.807) is 0 Å². The first kappa shape index (κ1) is 21.4. The Hall–Kier alpha value is -1.48. The maximum absolute atomic E-state index is 12.3. The number of morpholine rings is 1. The lowest BCUT2D eigenvalue weighted by molar-refractivity contribution is -0.233. The van der Waals surface area contributed by atoms with Crippen LogP contribution >= 0.6 is 0 Å². The van der Waals surface area contributed by atoms with E-state index < -0.39 is 22.5 Å². The number of epoxide rings is 1. The van der Waals surface area contributed by atoms with Gasteiger partial charge in [0.25, 0.3) is 0 Å². The summed E-state index contributed by atoms with van der Waals surface area (Å²) in [5, 5.41) is 0. The van der Waals surface area contributed by atoms with Gasteiger partial charge in [0.15, 0.2) is 0 Å². The summed E-state index contributed by atoms with van der Waals surface area (Å²) in [6, 6.07) is -0.131. The number of allylic oxidation sites excluding steroid dienone is 1. The van der Waals surface area contributed by atoms with E-state index in [2.05, 4.69) is 24.8 Å². The Kier molecular flexibility index (Phi) is 5.01. The minimum absolute atomic E-state index is 0.131. The number of ether oxygens (including phenoxy) is 5. The Bertz CT molecular complexity index is 802. The summed E-state index contributed by atoms with van der Waals surface area (Å²) in [4.78, 5) is 26.5. The highest BCUT2D eigenvalue weighted by molar-refractivity contribution is 5.67. The molecule has 0 N–H and O–H groups in total. The third-order valence-corrected chi connectivity index (χ3v) is 8.55. The fraction of sp³-hybridized carbons (Fsp3) is 0.826. The average molecular weight is 436 g/mol. The summed E-state index contributed by atoms with van der Waals surface area (Å²) < 4.78 is 30.5. The molecule has 4 fully saturated rings. The number of hydrogen-bond acceptors (Lipinski definition) is 8. The molecule has 5 aliphatic rings. The molecular weight excluding hydrogens is 402 g/mol. The SMILES string of the molecule is CC(=O)OC[C@]12CCC(C)=CC1OC1[C@H](N3CCOCC3)[C@@H](OC(C)=O)C2(C)C12CO2. The van der Waals surface area contributed by atoms with Crippen LogP contribution in [0, 0.1) is 10.8 Å². The van der Waals surface area contributed by atoms with Gasteiger partial charge < -0.3 is 23.7 Å². The standard InChI is InChI=1S/C23H33NO7/c1-14-5-6-22(12-28-15(2)25)17(11-14)31-20-18(24-7-9-27-10-8-24)19(30-16(3)26)21(22,4)23(20)13-29-23/h11,17-20H,5-10,12-13H2,1-4H3/t17?,18-,19-,20?,21?,22-,23?/m1/s1. The Balaban J connectivity index is 1.65. The molecule has 8 nitrogen and oxygen atoms in total. The van der Waals surface area contributed by atoms with Crippen molar-refractivity contribution in [1.29, 1.82) is 0 Å². The molecule has 4 unspecified atom stereocenters. The molecule has 0 amide bonds. The van der Waals surface area contributed by atoms with Gasteiger partial charge in [0.05, 0.1) is 37.4 Å². The number of carbonyl (C=O) groups excluding carboxylic acids is 2. The number of fused-ring (bicyclic) bond motifs is 2. The van der Waals surface area contributed by atoms with Crippen molar-refractivity contribution >= 4 is 11.9 Å². The van der Waals surface area contributed by atoms with E-state index in [1.165, 1.54) is 19.4 Å². The fourth-order valence-corrected chi connectivity index (χ4v) is 6.86. The van der Waals surface area contributed by atoms with Crippen molar-refractivity contribution in [3.63, 3.8) is 0 Å². The van der Waals surface area contributed by atoms with Gasteiger partial charge >= 0.3 is 11.9 Å². The Morgan fingerprint density at radius 2 is 1.94 bits per heavy atom. The van der Waals surface area contributed by atoms with Gasteiger partial charge in [-0.1, -0.05) is 18.6 Å². The second-order valence-corrected chi connectivity index (χ2v) is 9.98. The van der Waals surface area contributed by atoms with Gasteiger partial charge in [0.2, 0.25) is 0 Å². The van der Waals surface area contributed by atoms with Crippen LogP contribution in [0.25, 0.3) is 0 Å². The lowest BCUT2D eigenvalue weighted by atomic mass is 9.51. The molecule has 2 bridgehead atoms. The Morgan fingerprint density at radius 1 is 1.23 bits per heavy atom. The van der Waals surface area contributed by atoms with Crippen LogP contribution in [0.1, 0.15) is 40.5 Å². The van der Waals surface area contributed by atoms with Crippen LogP contribution < -0.4 is 0 Å². The van der Waals surface area contributed by atoms with E-state index in [9.17, 15) is 9.59 Å². The van der Waals surface area contributed by atoms with Crippen molar-refractivity contribution in [2.45, 2.75) is 70.5 Å². The summed E-state index contributed by atoms with van der Waals surface area (Å²) in [6.07, 6.45) is 2.97. The average Bonchev–Trinajstić information content (AvgIpc) is 3.51. The lowest BCUT2D eigenvalue weighted by Crippen LogP contribution is -2.66. The Morgan fingerprint density at radius 3 is 2.55 bits per heavy atom. The molecule has 5 rings (SSSR count). The Labute approximate surface area is 183 Å². The monoisotopic (exact) mass is 435 g/mol. The van der Waals surface area contributed by atoms with Crippen molar-refractivity contribution in [1.82, 2.24) is 4.90 Å². The first-order chi connectivity index (χ1) is 14.7. The van der Waals surface area contributed by atoms with Crippen LogP contribution in [0.2, 0.25) is 0 Å². The molecular formula is C23H33NO7. The van der Waals surface area contributed by atoms with Crippen molar-refractivity contribution < 1.29 is 33.3 Å². The molecule has 2 aliphatic carbocycles. The third-order valence-electron chi connectivity index (χ3n) is 8.55. The van der Waals surface area contributed by atoms with Crippen molar-refractivity contribution in [3.05, 3.63) is 11.6 Å². The highest BCUT2D eigenvalue weighted by Gasteiger charge is 2.86. The van der Waals surface area contributed by atoms with E-state index >= 15 is 0 Å². The molecule has 1 spiro atoms. The molecule has 172 valence electrons. The topological polar surface area (TPSA) is 86.8 Å². The first-order valence-corrected chi connectivity index (χ1v) is 11.3. The minimum Gasteiger partial charge on any atom is -0.465 e. The molecule has 0 aromatic heterocycles. The third kappa shape index (κ3) is 2.88. The van der Waals surface area contributed by atoms with Crippen molar-refractivity contribution in [2.24, 2.45) is 10.8 Å². The van der Waals surface area contributed by atoms with E-state index in [4.69, 9.17) is 23.7 Å². The second kappa shape index (κ2) is 7.27. The summed E-state index contributed by atoms with van der Waals surface area (Å²) >= 11 is 0.